The van der Waals surface area contributed by atoms with Crippen LogP contribution in [0.15, 0.2) is 54.6 Å². The van der Waals surface area contributed by atoms with Gasteiger partial charge in [0.05, 0.1) is 6.61 Å². The maximum atomic E-state index is 13.2. The van der Waals surface area contributed by atoms with E-state index in [4.69, 9.17) is 4.74 Å². The summed E-state index contributed by atoms with van der Waals surface area (Å²) >= 11 is 1.63. The number of aryl methyl sites for hydroxylation is 1. The molecule has 2 heterocycles. The van der Waals surface area contributed by atoms with Gasteiger partial charge in [-0.05, 0) is 53.4 Å². The fraction of sp³-hybridized carbons (Fsp3) is 0.333. The van der Waals surface area contributed by atoms with Crippen LogP contribution in [-0.4, -0.2) is 51.4 Å². The minimum atomic E-state index is -1.41. The van der Waals surface area contributed by atoms with E-state index in [0.717, 1.165) is 26.4 Å². The van der Waals surface area contributed by atoms with E-state index in [1.54, 1.807) is 23.5 Å². The van der Waals surface area contributed by atoms with Crippen LogP contribution in [0.4, 0.5) is 4.39 Å². The van der Waals surface area contributed by atoms with Crippen molar-refractivity contribution in [2.24, 2.45) is 0 Å². The van der Waals surface area contributed by atoms with Gasteiger partial charge in [-0.25, -0.2) is 4.39 Å². The molecule has 31 heavy (non-hydrogen) atoms. The molecule has 1 aromatic heterocycles. The molecule has 5 nitrogen and oxygen atoms in total. The number of aliphatic hydroxyl groups excluding tert-OH is 4. The Bertz CT molecular complexity index is 1030. The highest BCUT2D eigenvalue weighted by Crippen LogP contribution is 2.35. The molecule has 5 atom stereocenters. The smallest absolute Gasteiger partial charge is 0.123 e. The average molecular weight is 445 g/mol. The molecule has 0 spiro atoms. The Morgan fingerprint density at radius 2 is 1.68 bits per heavy atom. The van der Waals surface area contributed by atoms with Crippen LogP contribution < -0.4 is 0 Å². The van der Waals surface area contributed by atoms with Gasteiger partial charge in [0, 0.05) is 16.2 Å². The SMILES string of the molecule is Cc1ccc([C@@H]2OC(CO)[C@@H](O)C(O)[C@@H]2O)cc1Cc1ccc(-c2ccc(F)cc2)s1. The molecule has 4 N–H and O–H groups in total. The van der Waals surface area contributed by atoms with Gasteiger partial charge in [0.15, 0.2) is 0 Å². The zero-order valence-corrected chi connectivity index (χ0v) is 17.8. The molecule has 2 unspecified atom stereocenters. The van der Waals surface area contributed by atoms with E-state index in [2.05, 4.69) is 0 Å². The van der Waals surface area contributed by atoms with Crippen LogP contribution in [-0.2, 0) is 11.2 Å². The number of thiophene rings is 1. The summed E-state index contributed by atoms with van der Waals surface area (Å²) in [6.45, 7) is 1.54. The van der Waals surface area contributed by atoms with Crippen molar-refractivity contribution >= 4 is 11.3 Å². The lowest BCUT2D eigenvalue weighted by Gasteiger charge is -2.40. The molecule has 7 heteroatoms. The van der Waals surface area contributed by atoms with Gasteiger partial charge in [-0.1, -0.05) is 30.3 Å². The van der Waals surface area contributed by atoms with Gasteiger partial charge in [0.2, 0.25) is 0 Å². The largest absolute Gasteiger partial charge is 0.394 e. The van der Waals surface area contributed by atoms with Crippen LogP contribution >= 0.6 is 11.3 Å². The number of hydrogen-bond acceptors (Lipinski definition) is 6. The van der Waals surface area contributed by atoms with Gasteiger partial charge >= 0.3 is 0 Å². The zero-order chi connectivity index (χ0) is 22.1. The zero-order valence-electron chi connectivity index (χ0n) is 17.0. The van der Waals surface area contributed by atoms with Crippen LogP contribution in [0.3, 0.4) is 0 Å². The van der Waals surface area contributed by atoms with Crippen LogP contribution in [0.5, 0.6) is 0 Å². The monoisotopic (exact) mass is 444 g/mol. The van der Waals surface area contributed by atoms with Crippen molar-refractivity contribution in [1.29, 1.82) is 0 Å². The molecule has 164 valence electrons. The molecule has 0 amide bonds. The molecule has 2 aromatic carbocycles. The minimum Gasteiger partial charge on any atom is -0.394 e. The van der Waals surface area contributed by atoms with E-state index < -0.39 is 37.1 Å². The quantitative estimate of drug-likeness (QED) is 0.486. The van der Waals surface area contributed by atoms with Gasteiger partial charge in [-0.3, -0.25) is 0 Å². The van der Waals surface area contributed by atoms with Crippen molar-refractivity contribution in [1.82, 2.24) is 0 Å². The first-order valence-electron chi connectivity index (χ1n) is 10.1. The molecule has 1 saturated heterocycles. The highest BCUT2D eigenvalue weighted by Gasteiger charge is 2.43. The fourth-order valence-electron chi connectivity index (χ4n) is 3.87. The third-order valence-corrected chi connectivity index (χ3v) is 6.88. The van der Waals surface area contributed by atoms with E-state index in [9.17, 15) is 24.8 Å². The first-order valence-corrected chi connectivity index (χ1v) is 10.9. The second-order valence-corrected chi connectivity index (χ2v) is 9.05. The molecule has 0 aliphatic carbocycles. The second-order valence-electron chi connectivity index (χ2n) is 7.89. The van der Waals surface area contributed by atoms with Crippen LogP contribution in [0.25, 0.3) is 10.4 Å². The third kappa shape index (κ3) is 4.57. The van der Waals surface area contributed by atoms with Gasteiger partial charge in [-0.15, -0.1) is 11.3 Å². The van der Waals surface area contributed by atoms with Gasteiger partial charge in [-0.2, -0.15) is 0 Å². The minimum absolute atomic E-state index is 0.263. The summed E-state index contributed by atoms with van der Waals surface area (Å²) in [4.78, 5) is 2.19. The topological polar surface area (TPSA) is 90.2 Å². The van der Waals surface area contributed by atoms with Gasteiger partial charge < -0.3 is 25.2 Å². The Morgan fingerprint density at radius 3 is 2.39 bits per heavy atom. The van der Waals surface area contributed by atoms with Gasteiger partial charge in [0.1, 0.15) is 36.3 Å². The van der Waals surface area contributed by atoms with E-state index in [-0.39, 0.29) is 5.82 Å². The number of halogens is 1. The summed E-state index contributed by atoms with van der Waals surface area (Å²) in [6, 6.07) is 16.2. The van der Waals surface area contributed by atoms with Crippen molar-refractivity contribution < 1.29 is 29.6 Å². The van der Waals surface area contributed by atoms with Crippen molar-refractivity contribution in [3.63, 3.8) is 0 Å². The summed E-state index contributed by atoms with van der Waals surface area (Å²) in [5.74, 6) is -0.263. The average Bonchev–Trinajstić information content (AvgIpc) is 3.23. The fourth-order valence-corrected chi connectivity index (χ4v) is 4.90. The first-order chi connectivity index (χ1) is 14.9. The lowest BCUT2D eigenvalue weighted by Crippen LogP contribution is -2.55. The molecule has 0 bridgehead atoms. The molecule has 1 aliphatic rings. The molecular formula is C24H25FO5S. The van der Waals surface area contributed by atoms with E-state index >= 15 is 0 Å². The van der Waals surface area contributed by atoms with E-state index in [0.29, 0.717) is 12.0 Å². The summed E-state index contributed by atoms with van der Waals surface area (Å²) < 4.78 is 18.9. The lowest BCUT2D eigenvalue weighted by molar-refractivity contribution is -0.231. The molecule has 1 aliphatic heterocycles. The summed E-state index contributed by atoms with van der Waals surface area (Å²) in [5, 5.41) is 40.0. The molecule has 0 saturated carbocycles. The number of ether oxygens (including phenoxy) is 1. The third-order valence-electron chi connectivity index (χ3n) is 5.75. The number of benzene rings is 2. The van der Waals surface area contributed by atoms with Crippen molar-refractivity contribution in [2.45, 2.75) is 43.9 Å². The summed E-state index contributed by atoms with van der Waals surface area (Å²) in [5.41, 5.74) is 3.75. The standard InChI is InChI=1S/C24H25FO5S/c1-13-2-3-15(24-23(29)22(28)21(27)19(12-26)30-24)10-16(13)11-18-8-9-20(31-18)14-4-6-17(25)7-5-14/h2-10,19,21-24,26-29H,11-12H2,1H3/t19?,21-,22?,23+,24+/m1/s1. The van der Waals surface area contributed by atoms with E-state index in [1.807, 2.05) is 37.3 Å². The van der Waals surface area contributed by atoms with E-state index in [1.165, 1.54) is 12.1 Å². The summed E-state index contributed by atoms with van der Waals surface area (Å²) in [6.07, 6.45) is -5.21. The van der Waals surface area contributed by atoms with Crippen LogP contribution in [0.2, 0.25) is 0 Å². The maximum absolute atomic E-state index is 13.2. The molecule has 4 rings (SSSR count). The van der Waals surface area contributed by atoms with Gasteiger partial charge in [0.25, 0.3) is 0 Å². The Labute approximate surface area is 184 Å². The second kappa shape index (κ2) is 9.16. The molecule has 1 fully saturated rings. The Balaban J connectivity index is 1.57. The Kier molecular flexibility index (Phi) is 6.52. The number of hydrogen-bond donors (Lipinski definition) is 4. The highest BCUT2D eigenvalue weighted by atomic mass is 32.1. The Hall–Kier alpha value is -2.13. The predicted octanol–water partition coefficient (Wildman–Crippen LogP) is 2.97. The normalized spacial score (nSPS) is 26.2. The van der Waals surface area contributed by atoms with Crippen molar-refractivity contribution in [3.8, 4) is 10.4 Å². The predicted molar refractivity (Wildman–Crippen MR) is 116 cm³/mol. The highest BCUT2D eigenvalue weighted by molar-refractivity contribution is 7.15. The van der Waals surface area contributed by atoms with Crippen LogP contribution in [0, 0.1) is 12.7 Å². The summed E-state index contributed by atoms with van der Waals surface area (Å²) in [7, 11) is 0. The van der Waals surface area contributed by atoms with Crippen LogP contribution in [0.1, 0.15) is 27.7 Å². The van der Waals surface area contributed by atoms with Crippen molar-refractivity contribution in [2.75, 3.05) is 6.61 Å². The molecule has 0 radical (unpaired) electrons. The Morgan fingerprint density at radius 1 is 0.935 bits per heavy atom. The maximum Gasteiger partial charge on any atom is 0.123 e. The molecular weight excluding hydrogens is 419 g/mol. The lowest BCUT2D eigenvalue weighted by atomic mass is 9.89. The van der Waals surface area contributed by atoms with Crippen molar-refractivity contribution in [3.05, 3.63) is 82.0 Å². The molecule has 3 aromatic rings. The number of rotatable bonds is 5. The first kappa shape index (κ1) is 22.1. The number of aliphatic hydroxyl groups is 4.